The molecule has 2 N–H and O–H groups in total. The topological polar surface area (TPSA) is 77.6 Å². The molecule has 4 rings (SSSR count). The summed E-state index contributed by atoms with van der Waals surface area (Å²) in [6.45, 7) is 9.06. The van der Waals surface area contributed by atoms with Crippen LogP contribution in [0.4, 0.5) is 5.13 Å². The second-order valence-corrected chi connectivity index (χ2v) is 9.46. The molecule has 1 saturated carbocycles. The minimum atomic E-state index is -0.246. The Morgan fingerprint density at radius 3 is 2.16 bits per heavy atom. The average molecular weight is 442 g/mol. The average Bonchev–Trinajstić information content (AvgIpc) is 3.48. The number of piperazine rings is 1. The predicted octanol–water partition coefficient (Wildman–Crippen LogP) is 2.73. The first-order chi connectivity index (χ1) is 14.9. The number of carbonyl (C=O) groups excluding carboxylic acids is 2. The SMILES string of the molecule is Cc1ccc(-c2csc(NC(=O)C(C)N3CCN(C(C)C(=O)NC4CC4)CC3)n2)cc1. The highest BCUT2D eigenvalue weighted by atomic mass is 32.1. The zero-order chi connectivity index (χ0) is 22.0. The fourth-order valence-corrected chi connectivity index (χ4v) is 4.51. The van der Waals surface area contributed by atoms with Crippen LogP contribution in [0.2, 0.25) is 0 Å². The smallest absolute Gasteiger partial charge is 0.243 e. The normalized spacial score (nSPS) is 19.6. The van der Waals surface area contributed by atoms with Crippen LogP contribution in [0, 0.1) is 6.92 Å². The molecule has 31 heavy (non-hydrogen) atoms. The Hall–Kier alpha value is -2.29. The number of aryl methyl sites for hydroxylation is 1. The van der Waals surface area contributed by atoms with Crippen LogP contribution in [0.3, 0.4) is 0 Å². The monoisotopic (exact) mass is 441 g/mol. The van der Waals surface area contributed by atoms with Crippen molar-refractivity contribution >= 4 is 28.3 Å². The van der Waals surface area contributed by atoms with Crippen LogP contribution >= 0.6 is 11.3 Å². The molecule has 0 radical (unpaired) electrons. The standard InChI is InChI=1S/C23H31N5O2S/c1-15-4-6-18(7-5-15)20-14-31-23(25-20)26-22(30)17(3)28-12-10-27(11-13-28)16(2)21(29)24-19-8-9-19/h4-7,14,16-17,19H,8-13H2,1-3H3,(H,24,29)(H,25,26,30). The Morgan fingerprint density at radius 2 is 1.58 bits per heavy atom. The van der Waals surface area contributed by atoms with E-state index in [-0.39, 0.29) is 23.9 Å². The molecule has 1 aliphatic carbocycles. The fourth-order valence-electron chi connectivity index (χ4n) is 3.79. The molecule has 2 aliphatic rings. The van der Waals surface area contributed by atoms with Crippen molar-refractivity contribution in [1.29, 1.82) is 0 Å². The molecule has 7 nitrogen and oxygen atoms in total. The van der Waals surface area contributed by atoms with Crippen molar-refractivity contribution in [3.05, 3.63) is 35.2 Å². The summed E-state index contributed by atoms with van der Waals surface area (Å²) in [4.78, 5) is 34.0. The van der Waals surface area contributed by atoms with E-state index >= 15 is 0 Å². The van der Waals surface area contributed by atoms with E-state index in [1.54, 1.807) is 0 Å². The number of nitrogens with zero attached hydrogens (tertiary/aromatic N) is 3. The highest BCUT2D eigenvalue weighted by Crippen LogP contribution is 2.25. The first-order valence-corrected chi connectivity index (χ1v) is 11.9. The fraction of sp³-hybridized carbons (Fsp3) is 0.522. The van der Waals surface area contributed by atoms with Crippen LogP contribution < -0.4 is 10.6 Å². The molecular formula is C23H31N5O2S. The number of rotatable bonds is 7. The molecule has 1 saturated heterocycles. The number of aromatic nitrogens is 1. The molecule has 0 bridgehead atoms. The summed E-state index contributed by atoms with van der Waals surface area (Å²) in [6.07, 6.45) is 2.20. The third-order valence-electron chi connectivity index (χ3n) is 6.21. The lowest BCUT2D eigenvalue weighted by atomic mass is 10.1. The van der Waals surface area contributed by atoms with Gasteiger partial charge in [0.05, 0.1) is 17.8 Å². The van der Waals surface area contributed by atoms with Crippen LogP contribution in [0.5, 0.6) is 0 Å². The molecule has 0 spiro atoms. The Bertz CT molecular complexity index is 916. The lowest BCUT2D eigenvalue weighted by molar-refractivity contribution is -0.128. The van der Waals surface area contributed by atoms with Crippen molar-refractivity contribution < 1.29 is 9.59 Å². The number of hydrogen-bond donors (Lipinski definition) is 2. The van der Waals surface area contributed by atoms with Crippen molar-refractivity contribution in [2.24, 2.45) is 0 Å². The Balaban J connectivity index is 1.27. The van der Waals surface area contributed by atoms with Gasteiger partial charge in [-0.2, -0.15) is 0 Å². The van der Waals surface area contributed by atoms with Crippen LogP contribution in [-0.2, 0) is 9.59 Å². The molecule has 2 amide bonds. The van der Waals surface area contributed by atoms with E-state index in [1.165, 1.54) is 16.9 Å². The summed E-state index contributed by atoms with van der Waals surface area (Å²) in [5, 5.41) is 8.64. The summed E-state index contributed by atoms with van der Waals surface area (Å²) in [6, 6.07) is 8.23. The third-order valence-corrected chi connectivity index (χ3v) is 6.97. The van der Waals surface area contributed by atoms with E-state index < -0.39 is 0 Å². The van der Waals surface area contributed by atoms with E-state index in [0.29, 0.717) is 11.2 Å². The van der Waals surface area contributed by atoms with Crippen LogP contribution in [0.1, 0.15) is 32.3 Å². The number of anilines is 1. The largest absolute Gasteiger partial charge is 0.352 e. The van der Waals surface area contributed by atoms with Gasteiger partial charge in [-0.05, 0) is 33.6 Å². The van der Waals surface area contributed by atoms with Crippen molar-refractivity contribution in [2.75, 3.05) is 31.5 Å². The van der Waals surface area contributed by atoms with E-state index in [9.17, 15) is 9.59 Å². The van der Waals surface area contributed by atoms with E-state index in [2.05, 4.69) is 44.5 Å². The van der Waals surface area contributed by atoms with Gasteiger partial charge in [0.2, 0.25) is 11.8 Å². The second-order valence-electron chi connectivity index (χ2n) is 8.60. The first-order valence-electron chi connectivity index (χ1n) is 11.0. The number of nitrogens with one attached hydrogen (secondary N) is 2. The number of benzene rings is 1. The summed E-state index contributed by atoms with van der Waals surface area (Å²) in [7, 11) is 0. The van der Waals surface area contributed by atoms with Gasteiger partial charge in [0.15, 0.2) is 5.13 Å². The zero-order valence-electron chi connectivity index (χ0n) is 18.4. The highest BCUT2D eigenvalue weighted by Gasteiger charge is 2.32. The van der Waals surface area contributed by atoms with Crippen molar-refractivity contribution in [3.63, 3.8) is 0 Å². The molecule has 8 heteroatoms. The Morgan fingerprint density at radius 1 is 1.00 bits per heavy atom. The van der Waals surface area contributed by atoms with Gasteiger partial charge in [0, 0.05) is 43.2 Å². The predicted molar refractivity (Wildman–Crippen MR) is 124 cm³/mol. The Kier molecular flexibility index (Phi) is 6.69. The van der Waals surface area contributed by atoms with Gasteiger partial charge in [-0.1, -0.05) is 29.8 Å². The van der Waals surface area contributed by atoms with Crippen LogP contribution in [0.15, 0.2) is 29.6 Å². The summed E-state index contributed by atoms with van der Waals surface area (Å²) < 4.78 is 0. The summed E-state index contributed by atoms with van der Waals surface area (Å²) in [5.41, 5.74) is 3.13. The van der Waals surface area contributed by atoms with Crippen LogP contribution in [0.25, 0.3) is 11.3 Å². The lowest BCUT2D eigenvalue weighted by Gasteiger charge is -2.39. The zero-order valence-corrected chi connectivity index (χ0v) is 19.2. The van der Waals surface area contributed by atoms with Gasteiger partial charge in [-0.25, -0.2) is 4.98 Å². The molecular weight excluding hydrogens is 410 g/mol. The molecule has 2 aromatic rings. The minimum Gasteiger partial charge on any atom is -0.352 e. The van der Waals surface area contributed by atoms with Gasteiger partial charge in [0.1, 0.15) is 0 Å². The first kappa shape index (κ1) is 21.9. The minimum absolute atomic E-state index is 0.0437. The Labute approximate surface area is 187 Å². The molecule has 1 aromatic heterocycles. The maximum Gasteiger partial charge on any atom is 0.243 e. The number of amides is 2. The molecule has 1 aliphatic heterocycles. The summed E-state index contributed by atoms with van der Waals surface area (Å²) >= 11 is 1.44. The number of thiazole rings is 1. The molecule has 2 atom stereocenters. The van der Waals surface area contributed by atoms with Gasteiger partial charge in [-0.3, -0.25) is 19.4 Å². The van der Waals surface area contributed by atoms with E-state index in [4.69, 9.17) is 0 Å². The molecule has 2 unspecified atom stereocenters. The van der Waals surface area contributed by atoms with E-state index in [1.807, 2.05) is 31.4 Å². The van der Waals surface area contributed by atoms with Gasteiger partial charge >= 0.3 is 0 Å². The molecule has 1 aromatic carbocycles. The van der Waals surface area contributed by atoms with Crippen molar-refractivity contribution in [1.82, 2.24) is 20.1 Å². The van der Waals surface area contributed by atoms with Crippen molar-refractivity contribution in [3.8, 4) is 11.3 Å². The quantitative estimate of drug-likeness (QED) is 0.691. The maximum absolute atomic E-state index is 12.8. The van der Waals surface area contributed by atoms with Gasteiger partial charge in [-0.15, -0.1) is 11.3 Å². The third kappa shape index (κ3) is 5.50. The van der Waals surface area contributed by atoms with Crippen molar-refractivity contribution in [2.45, 2.75) is 51.7 Å². The number of carbonyl (C=O) groups is 2. The van der Waals surface area contributed by atoms with Gasteiger partial charge < -0.3 is 10.6 Å². The second kappa shape index (κ2) is 9.46. The van der Waals surface area contributed by atoms with E-state index in [0.717, 1.165) is 50.3 Å². The van der Waals surface area contributed by atoms with Gasteiger partial charge in [0.25, 0.3) is 0 Å². The lowest BCUT2D eigenvalue weighted by Crippen LogP contribution is -2.57. The molecule has 166 valence electrons. The maximum atomic E-state index is 12.8. The molecule has 2 fully saturated rings. The number of hydrogen-bond acceptors (Lipinski definition) is 6. The summed E-state index contributed by atoms with van der Waals surface area (Å²) in [5.74, 6) is 0.0765. The van der Waals surface area contributed by atoms with Crippen LogP contribution in [-0.4, -0.2) is 70.9 Å². The molecule has 2 heterocycles. The highest BCUT2D eigenvalue weighted by molar-refractivity contribution is 7.14.